The molecular weight excluding hydrogens is 260 g/mol. The minimum atomic E-state index is -0.533. The summed E-state index contributed by atoms with van der Waals surface area (Å²) in [6, 6.07) is 9.75. The topological polar surface area (TPSA) is 76.0 Å². The predicted molar refractivity (Wildman–Crippen MR) is 76.1 cm³/mol. The van der Waals surface area contributed by atoms with Crippen LogP contribution in [-0.4, -0.2) is 41.4 Å². The molecule has 20 heavy (non-hydrogen) atoms. The van der Waals surface area contributed by atoms with Gasteiger partial charge in [-0.15, -0.1) is 0 Å². The maximum absolute atomic E-state index is 10.6. The largest absolute Gasteiger partial charge is 0.391 e. The molecule has 0 saturated carbocycles. The summed E-state index contributed by atoms with van der Waals surface area (Å²) in [4.78, 5) is 19.6. The molecule has 0 aromatic heterocycles. The quantitative estimate of drug-likeness (QED) is 0.451. The van der Waals surface area contributed by atoms with E-state index in [1.165, 1.54) is 0 Å². The Hall–Kier alpha value is -1.27. The van der Waals surface area contributed by atoms with Crippen molar-refractivity contribution in [3.8, 4) is 0 Å². The molecule has 1 aromatic rings. The highest BCUT2D eigenvalue weighted by molar-refractivity contribution is 5.78. The summed E-state index contributed by atoms with van der Waals surface area (Å²) < 4.78 is 0. The third-order valence-electron chi connectivity index (χ3n) is 2.00. The van der Waals surface area contributed by atoms with Gasteiger partial charge in [-0.2, -0.15) is 0 Å². The summed E-state index contributed by atoms with van der Waals surface area (Å²) in [7, 11) is 0. The Morgan fingerprint density at radius 2 is 1.50 bits per heavy atom. The molecule has 2 atom stereocenters. The molecular formula is C15H24O5. The van der Waals surface area contributed by atoms with Crippen molar-refractivity contribution in [3.63, 3.8) is 0 Å². The fraction of sp³-hybridized carbons (Fsp3) is 0.533. The molecule has 0 radical (unpaired) electrons. The first-order valence-electron chi connectivity index (χ1n) is 6.55. The third kappa shape index (κ3) is 13.2. The van der Waals surface area contributed by atoms with Crippen molar-refractivity contribution in [3.05, 3.63) is 35.9 Å². The summed E-state index contributed by atoms with van der Waals surface area (Å²) in [6.45, 7) is 5.05. The molecule has 0 heterocycles. The van der Waals surface area contributed by atoms with Gasteiger partial charge >= 0.3 is 0 Å². The molecule has 0 fully saturated rings. The van der Waals surface area contributed by atoms with E-state index in [0.29, 0.717) is 6.42 Å². The van der Waals surface area contributed by atoms with Gasteiger partial charge in [0.2, 0.25) is 0 Å². The van der Waals surface area contributed by atoms with E-state index in [4.69, 9.17) is 10.2 Å². The lowest BCUT2D eigenvalue weighted by molar-refractivity contribution is -0.312. The normalized spacial score (nSPS) is 13.1. The number of ketones is 1. The Kier molecular flexibility index (Phi) is 10.8. The molecule has 5 nitrogen and oxygen atoms in total. The molecule has 0 aliphatic rings. The minimum Gasteiger partial charge on any atom is -0.391 e. The third-order valence-corrected chi connectivity index (χ3v) is 2.00. The first kappa shape index (κ1) is 18.7. The van der Waals surface area contributed by atoms with Crippen molar-refractivity contribution in [1.29, 1.82) is 0 Å². The number of carbonyl (C=O) groups excluding carboxylic acids is 1. The second kappa shape index (κ2) is 11.5. The van der Waals surface area contributed by atoms with E-state index in [9.17, 15) is 4.79 Å². The molecule has 0 aliphatic carbocycles. The lowest BCUT2D eigenvalue weighted by Gasteiger charge is -2.06. The zero-order valence-electron chi connectivity index (χ0n) is 12.3. The number of carbonyl (C=O) groups is 1. The first-order valence-corrected chi connectivity index (χ1v) is 6.55. The van der Waals surface area contributed by atoms with Gasteiger partial charge in [0.25, 0.3) is 0 Å². The average molecular weight is 284 g/mol. The molecule has 0 aliphatic heterocycles. The second-order valence-electron chi connectivity index (χ2n) is 4.63. The number of aliphatic hydroxyl groups excluding tert-OH is 2. The van der Waals surface area contributed by atoms with Gasteiger partial charge in [-0.1, -0.05) is 30.3 Å². The maximum atomic E-state index is 10.6. The fourth-order valence-electron chi connectivity index (χ4n) is 1.18. The Balaban J connectivity index is 0.000000361. The fourth-order valence-corrected chi connectivity index (χ4v) is 1.18. The highest BCUT2D eigenvalue weighted by atomic mass is 17.2. The van der Waals surface area contributed by atoms with Crippen molar-refractivity contribution in [2.24, 2.45) is 0 Å². The molecule has 0 amide bonds. The number of Topliss-reactive ketones (excluding diaryl/α,β-unsaturated/α-hetero) is 1. The van der Waals surface area contributed by atoms with Crippen LogP contribution in [0.4, 0.5) is 0 Å². The predicted octanol–water partition coefficient (Wildman–Crippen LogP) is 1.51. The average Bonchev–Trinajstić information content (AvgIpc) is 2.35. The summed E-state index contributed by atoms with van der Waals surface area (Å²) in [5, 5.41) is 17.3. The van der Waals surface area contributed by atoms with Crippen LogP contribution in [0.1, 0.15) is 26.3 Å². The molecule has 0 saturated heterocycles. The van der Waals surface area contributed by atoms with E-state index in [1.807, 2.05) is 30.3 Å². The van der Waals surface area contributed by atoms with Gasteiger partial charge in [-0.05, 0) is 26.3 Å². The Bertz CT molecular complexity index is 339. The van der Waals surface area contributed by atoms with E-state index in [2.05, 4.69) is 9.78 Å². The summed E-state index contributed by atoms with van der Waals surface area (Å²) in [6.07, 6.45) is -0.510. The Morgan fingerprint density at radius 3 is 1.85 bits per heavy atom. The lowest BCUT2D eigenvalue weighted by atomic mass is 10.1. The molecule has 1 rings (SSSR count). The number of benzene rings is 1. The van der Waals surface area contributed by atoms with Crippen LogP contribution in [0.2, 0.25) is 0 Å². The number of aliphatic hydroxyl groups is 2. The maximum Gasteiger partial charge on any atom is 0.134 e. The van der Waals surface area contributed by atoms with Gasteiger partial charge < -0.3 is 10.2 Å². The van der Waals surface area contributed by atoms with Gasteiger partial charge in [-0.3, -0.25) is 4.79 Å². The van der Waals surface area contributed by atoms with Crippen LogP contribution in [0, 0.1) is 0 Å². The van der Waals surface area contributed by atoms with Gasteiger partial charge in [0, 0.05) is 6.42 Å². The molecule has 2 unspecified atom stereocenters. The lowest BCUT2D eigenvalue weighted by Crippen LogP contribution is -2.15. The first-order chi connectivity index (χ1) is 9.41. The molecule has 5 heteroatoms. The van der Waals surface area contributed by atoms with Crippen LogP contribution in [0.5, 0.6) is 0 Å². The molecule has 0 spiro atoms. The summed E-state index contributed by atoms with van der Waals surface area (Å²) >= 11 is 0. The standard InChI is InChI=1S/C9H10O.C6H14O4/c1-8(10)7-9-5-3-2-4-6-9;1-5(7)3-9-10-4-6(2)8/h2-6H,7H2,1H3;5-8H,3-4H2,1-2H3. The SMILES string of the molecule is CC(=O)Cc1ccccc1.CC(O)COOCC(C)O. The molecule has 114 valence electrons. The van der Waals surface area contributed by atoms with Crippen LogP contribution < -0.4 is 0 Å². The Labute approximate surface area is 120 Å². The highest BCUT2D eigenvalue weighted by Gasteiger charge is 1.98. The van der Waals surface area contributed by atoms with Gasteiger partial charge in [0.1, 0.15) is 19.0 Å². The van der Waals surface area contributed by atoms with Gasteiger partial charge in [-0.25, -0.2) is 9.78 Å². The highest BCUT2D eigenvalue weighted by Crippen LogP contribution is 1.98. The second-order valence-corrected chi connectivity index (χ2v) is 4.63. The zero-order valence-corrected chi connectivity index (χ0v) is 12.3. The van der Waals surface area contributed by atoms with Crippen molar-refractivity contribution in [1.82, 2.24) is 0 Å². The van der Waals surface area contributed by atoms with E-state index in [0.717, 1.165) is 5.56 Å². The summed E-state index contributed by atoms with van der Waals surface area (Å²) in [5.74, 6) is 0.214. The van der Waals surface area contributed by atoms with Gasteiger partial charge in [0.15, 0.2) is 0 Å². The van der Waals surface area contributed by atoms with E-state index < -0.39 is 12.2 Å². The number of hydrogen-bond donors (Lipinski definition) is 2. The van der Waals surface area contributed by atoms with Crippen LogP contribution >= 0.6 is 0 Å². The molecule has 1 aromatic carbocycles. The Morgan fingerprint density at radius 1 is 1.05 bits per heavy atom. The van der Waals surface area contributed by atoms with Crippen LogP contribution in [0.15, 0.2) is 30.3 Å². The van der Waals surface area contributed by atoms with Crippen LogP contribution in [-0.2, 0) is 21.0 Å². The van der Waals surface area contributed by atoms with Crippen molar-refractivity contribution in [2.75, 3.05) is 13.2 Å². The van der Waals surface area contributed by atoms with Gasteiger partial charge in [0.05, 0.1) is 12.2 Å². The number of rotatable bonds is 7. The molecule has 2 N–H and O–H groups in total. The van der Waals surface area contributed by atoms with E-state index >= 15 is 0 Å². The van der Waals surface area contributed by atoms with Crippen molar-refractivity contribution >= 4 is 5.78 Å². The monoisotopic (exact) mass is 284 g/mol. The number of hydrogen-bond acceptors (Lipinski definition) is 5. The summed E-state index contributed by atoms with van der Waals surface area (Å²) in [5.41, 5.74) is 1.09. The zero-order chi connectivity index (χ0) is 15.4. The van der Waals surface area contributed by atoms with E-state index in [-0.39, 0.29) is 19.0 Å². The minimum absolute atomic E-state index is 0.132. The smallest absolute Gasteiger partial charge is 0.134 e. The van der Waals surface area contributed by atoms with E-state index in [1.54, 1.807) is 20.8 Å². The van der Waals surface area contributed by atoms with Crippen LogP contribution in [0.25, 0.3) is 0 Å². The van der Waals surface area contributed by atoms with Crippen LogP contribution in [0.3, 0.4) is 0 Å². The van der Waals surface area contributed by atoms with Crippen molar-refractivity contribution in [2.45, 2.75) is 39.4 Å². The molecule has 0 bridgehead atoms. The van der Waals surface area contributed by atoms with Crippen molar-refractivity contribution < 1.29 is 24.8 Å².